The lowest BCUT2D eigenvalue weighted by Gasteiger charge is -2.52. The normalized spacial score (nSPS) is 22.1. The van der Waals surface area contributed by atoms with E-state index in [0.717, 1.165) is 61.9 Å². The van der Waals surface area contributed by atoms with Crippen LogP contribution in [0.1, 0.15) is 75.8 Å². The van der Waals surface area contributed by atoms with E-state index in [1.165, 1.54) is 6.42 Å². The molecule has 2 atom stereocenters. The largest absolute Gasteiger partial charge is 0.390 e. The number of carbonyl (C=O) groups is 3. The highest BCUT2D eigenvalue weighted by molar-refractivity contribution is 6.00. The third-order valence-electron chi connectivity index (χ3n) is 9.50. The van der Waals surface area contributed by atoms with Gasteiger partial charge < -0.3 is 20.6 Å². The predicted octanol–water partition coefficient (Wildman–Crippen LogP) is 4.27. The molecule has 0 unspecified atom stereocenters. The second kappa shape index (κ2) is 13.8. The molecule has 2 heterocycles. The lowest BCUT2D eigenvalue weighted by molar-refractivity contribution is -0.166. The van der Waals surface area contributed by atoms with Gasteiger partial charge in [0.1, 0.15) is 11.6 Å². The Morgan fingerprint density at radius 2 is 1.69 bits per heavy atom. The van der Waals surface area contributed by atoms with E-state index >= 15 is 0 Å². The summed E-state index contributed by atoms with van der Waals surface area (Å²) in [6.45, 7) is 4.79. The molecule has 5 rings (SSSR count). The van der Waals surface area contributed by atoms with Crippen LogP contribution in [0.4, 0.5) is 5.69 Å². The number of nitrogens with one attached hydrogen (secondary N) is 2. The van der Waals surface area contributed by atoms with Gasteiger partial charge in [0.25, 0.3) is 0 Å². The van der Waals surface area contributed by atoms with Gasteiger partial charge >= 0.3 is 0 Å². The average Bonchev–Trinajstić information content (AvgIpc) is 3.01. The summed E-state index contributed by atoms with van der Waals surface area (Å²) in [5.41, 5.74) is 2.03. The Bertz CT molecular complexity index is 1200. The molecule has 1 saturated carbocycles. The highest BCUT2D eigenvalue weighted by atomic mass is 16.3. The highest BCUT2D eigenvalue weighted by Crippen LogP contribution is 2.36. The highest BCUT2D eigenvalue weighted by Gasteiger charge is 2.55. The quantitative estimate of drug-likeness (QED) is 0.394. The molecule has 226 valence electrons. The third-order valence-corrected chi connectivity index (χ3v) is 9.50. The summed E-state index contributed by atoms with van der Waals surface area (Å²) in [5, 5.41) is 17.1. The maximum Gasteiger partial charge on any atom is 0.248 e. The summed E-state index contributed by atoms with van der Waals surface area (Å²) in [7, 11) is 0. The lowest BCUT2D eigenvalue weighted by atomic mass is 9.78. The lowest BCUT2D eigenvalue weighted by Crippen LogP contribution is -2.75. The number of rotatable bonds is 10. The number of amides is 3. The molecule has 1 spiro atoms. The standard InChI is InChI=1S/C34H46N4O4/c1-2-3-20-38-32(41)30(31(40)27-12-8-5-9-13-27)36-33(42)34(38)18-21-37(22-19-34)24-26-14-16-28(17-15-26)35-29(39)23-25-10-6-4-7-11-25/h4,6-7,10-11,14-17,27,30-31,40H,2-3,5,8-9,12-13,18-24H2,1H3,(H,35,39)(H,36,42)/t30-,31-/m1/s1. The number of piperidine rings is 1. The van der Waals surface area contributed by atoms with Gasteiger partial charge in [0.15, 0.2) is 0 Å². The Morgan fingerprint density at radius 1 is 1.00 bits per heavy atom. The van der Waals surface area contributed by atoms with Crippen molar-refractivity contribution in [2.75, 3.05) is 25.0 Å². The van der Waals surface area contributed by atoms with Gasteiger partial charge in [0, 0.05) is 31.9 Å². The van der Waals surface area contributed by atoms with Crippen LogP contribution < -0.4 is 10.6 Å². The first-order valence-electron chi connectivity index (χ1n) is 15.9. The Kier molecular flexibility index (Phi) is 9.95. The number of aliphatic hydroxyl groups excluding tert-OH is 1. The van der Waals surface area contributed by atoms with Crippen LogP contribution in [0.15, 0.2) is 54.6 Å². The summed E-state index contributed by atoms with van der Waals surface area (Å²) < 4.78 is 0. The number of likely N-dealkylation sites (tertiary alicyclic amines) is 1. The fourth-order valence-electron chi connectivity index (χ4n) is 6.97. The first-order chi connectivity index (χ1) is 20.4. The van der Waals surface area contributed by atoms with Crippen LogP contribution in [0.2, 0.25) is 0 Å². The van der Waals surface area contributed by atoms with E-state index in [1.54, 1.807) is 0 Å². The molecule has 3 amide bonds. The molecule has 8 nitrogen and oxygen atoms in total. The molecular formula is C34H46N4O4. The van der Waals surface area contributed by atoms with Gasteiger partial charge in [-0.3, -0.25) is 19.3 Å². The number of benzene rings is 2. The van der Waals surface area contributed by atoms with Crippen molar-refractivity contribution in [2.45, 2.75) is 95.4 Å². The third kappa shape index (κ3) is 6.87. The van der Waals surface area contributed by atoms with E-state index in [-0.39, 0.29) is 23.6 Å². The van der Waals surface area contributed by atoms with Gasteiger partial charge in [-0.05, 0) is 61.3 Å². The number of unbranched alkanes of at least 4 members (excludes halogenated alkanes) is 1. The van der Waals surface area contributed by atoms with Gasteiger partial charge in [0.05, 0.1) is 12.5 Å². The van der Waals surface area contributed by atoms with Gasteiger partial charge in [-0.2, -0.15) is 0 Å². The fraction of sp³-hybridized carbons (Fsp3) is 0.559. The summed E-state index contributed by atoms with van der Waals surface area (Å²) in [4.78, 5) is 44.1. The van der Waals surface area contributed by atoms with Gasteiger partial charge in [-0.15, -0.1) is 0 Å². The van der Waals surface area contributed by atoms with Crippen molar-refractivity contribution in [2.24, 2.45) is 5.92 Å². The molecule has 1 aliphatic carbocycles. The van der Waals surface area contributed by atoms with E-state index in [9.17, 15) is 19.5 Å². The second-order valence-corrected chi connectivity index (χ2v) is 12.4. The van der Waals surface area contributed by atoms with Crippen molar-refractivity contribution >= 4 is 23.4 Å². The number of nitrogens with zero attached hydrogens (tertiary/aromatic N) is 2. The molecular weight excluding hydrogens is 528 g/mol. The Balaban J connectivity index is 1.18. The van der Waals surface area contributed by atoms with Crippen molar-refractivity contribution in [3.05, 3.63) is 65.7 Å². The molecule has 2 aliphatic heterocycles. The average molecular weight is 575 g/mol. The zero-order chi connectivity index (χ0) is 29.5. The number of carbonyl (C=O) groups excluding carboxylic acids is 3. The summed E-state index contributed by atoms with van der Waals surface area (Å²) in [6.07, 6.45) is 7.58. The molecule has 2 aromatic rings. The molecule has 0 bridgehead atoms. The van der Waals surface area contributed by atoms with Crippen LogP contribution in [0.25, 0.3) is 0 Å². The number of hydrogen-bond donors (Lipinski definition) is 3. The summed E-state index contributed by atoms with van der Waals surface area (Å²) in [5.74, 6) is -0.190. The Labute approximate surface area is 249 Å². The molecule has 2 aromatic carbocycles. The van der Waals surface area contributed by atoms with Crippen molar-refractivity contribution in [3.8, 4) is 0 Å². The first kappa shape index (κ1) is 30.2. The van der Waals surface area contributed by atoms with Gasteiger partial charge in [-0.1, -0.05) is 75.1 Å². The molecule has 42 heavy (non-hydrogen) atoms. The van der Waals surface area contributed by atoms with Crippen LogP contribution in [-0.2, 0) is 27.3 Å². The van der Waals surface area contributed by atoms with E-state index < -0.39 is 17.7 Å². The number of piperazine rings is 1. The first-order valence-corrected chi connectivity index (χ1v) is 15.9. The molecule has 0 radical (unpaired) electrons. The smallest absolute Gasteiger partial charge is 0.248 e. The minimum absolute atomic E-state index is 0.0447. The van der Waals surface area contributed by atoms with Crippen LogP contribution in [-0.4, -0.2) is 69.9 Å². The number of anilines is 1. The molecule has 3 aliphatic rings. The molecule has 3 fully saturated rings. The molecule has 2 saturated heterocycles. The van der Waals surface area contributed by atoms with E-state index in [1.807, 2.05) is 59.5 Å². The van der Waals surface area contributed by atoms with E-state index in [4.69, 9.17) is 0 Å². The second-order valence-electron chi connectivity index (χ2n) is 12.4. The van der Waals surface area contributed by atoms with Crippen LogP contribution in [0.5, 0.6) is 0 Å². The summed E-state index contributed by atoms with van der Waals surface area (Å²) in [6, 6.07) is 16.8. The van der Waals surface area contributed by atoms with Crippen molar-refractivity contribution in [3.63, 3.8) is 0 Å². The van der Waals surface area contributed by atoms with Gasteiger partial charge in [0.2, 0.25) is 17.7 Å². The van der Waals surface area contributed by atoms with E-state index in [0.29, 0.717) is 38.9 Å². The molecule has 8 heteroatoms. The number of hydrogen-bond acceptors (Lipinski definition) is 5. The van der Waals surface area contributed by atoms with Crippen LogP contribution in [0, 0.1) is 5.92 Å². The Morgan fingerprint density at radius 3 is 2.36 bits per heavy atom. The summed E-state index contributed by atoms with van der Waals surface area (Å²) >= 11 is 0. The minimum atomic E-state index is -0.849. The molecule has 3 N–H and O–H groups in total. The van der Waals surface area contributed by atoms with Gasteiger partial charge in [-0.25, -0.2) is 0 Å². The van der Waals surface area contributed by atoms with Crippen LogP contribution >= 0.6 is 0 Å². The zero-order valence-electron chi connectivity index (χ0n) is 24.9. The Hall–Kier alpha value is -3.23. The monoisotopic (exact) mass is 574 g/mol. The van der Waals surface area contributed by atoms with Crippen molar-refractivity contribution in [1.82, 2.24) is 15.1 Å². The fourth-order valence-corrected chi connectivity index (χ4v) is 6.97. The van der Waals surface area contributed by atoms with Crippen molar-refractivity contribution < 1.29 is 19.5 Å². The van der Waals surface area contributed by atoms with Crippen molar-refractivity contribution in [1.29, 1.82) is 0 Å². The zero-order valence-corrected chi connectivity index (χ0v) is 24.9. The molecule has 0 aromatic heterocycles. The maximum absolute atomic E-state index is 13.8. The maximum atomic E-state index is 13.8. The predicted molar refractivity (Wildman–Crippen MR) is 164 cm³/mol. The topological polar surface area (TPSA) is 102 Å². The van der Waals surface area contributed by atoms with Crippen LogP contribution in [0.3, 0.4) is 0 Å². The minimum Gasteiger partial charge on any atom is -0.390 e. The SMILES string of the molecule is CCCCN1C(=O)[C@@H]([C@H](O)C2CCCCC2)NC(=O)C12CCN(Cc1ccc(NC(=O)Cc3ccccc3)cc1)CC2. The van der Waals surface area contributed by atoms with E-state index in [2.05, 4.69) is 22.5 Å². The number of aliphatic hydroxyl groups is 1.